The van der Waals surface area contributed by atoms with E-state index in [1.54, 1.807) is 26.2 Å². The lowest BCUT2D eigenvalue weighted by Crippen LogP contribution is -2.46. The van der Waals surface area contributed by atoms with E-state index in [0.717, 1.165) is 24.1 Å². The zero-order valence-electron chi connectivity index (χ0n) is 20.7. The first-order valence-corrected chi connectivity index (χ1v) is 12.2. The van der Waals surface area contributed by atoms with Crippen molar-refractivity contribution >= 4 is 28.8 Å². The van der Waals surface area contributed by atoms with Crippen LogP contribution in [0.25, 0.3) is 22.2 Å². The second kappa shape index (κ2) is 10.9. The van der Waals surface area contributed by atoms with Crippen molar-refractivity contribution in [2.24, 2.45) is 0 Å². The molecule has 1 fully saturated rings. The van der Waals surface area contributed by atoms with E-state index in [1.165, 1.54) is 4.90 Å². The van der Waals surface area contributed by atoms with Gasteiger partial charge in [0, 0.05) is 42.7 Å². The van der Waals surface area contributed by atoms with Gasteiger partial charge in [-0.2, -0.15) is 5.10 Å². The summed E-state index contributed by atoms with van der Waals surface area (Å²) in [6, 6.07) is 1.62. The van der Waals surface area contributed by atoms with E-state index in [9.17, 15) is 9.59 Å². The van der Waals surface area contributed by atoms with Gasteiger partial charge in [0.15, 0.2) is 0 Å². The van der Waals surface area contributed by atoms with Gasteiger partial charge in [-0.05, 0) is 46.1 Å². The number of fused-ring (bicyclic) bond motifs is 1. The molecule has 0 bridgehead atoms. The minimum atomic E-state index is -0.658. The highest BCUT2D eigenvalue weighted by atomic mass is 16.6. The number of hydrogen-bond acceptors (Lipinski definition) is 8. The minimum Gasteiger partial charge on any atom is -0.460 e. The third-order valence-corrected chi connectivity index (χ3v) is 6.14. The molecule has 1 amide bonds. The average Bonchev–Trinajstić information content (AvgIpc) is 3.50. The van der Waals surface area contributed by atoms with E-state index in [0.29, 0.717) is 30.5 Å². The third-order valence-electron chi connectivity index (χ3n) is 6.14. The Labute approximate surface area is 204 Å². The van der Waals surface area contributed by atoms with E-state index in [4.69, 9.17) is 18.6 Å². The largest absolute Gasteiger partial charge is 0.460 e. The topological polar surface area (TPSA) is 109 Å². The molecule has 1 saturated heterocycles. The van der Waals surface area contributed by atoms with Crippen molar-refractivity contribution in [1.29, 1.82) is 0 Å². The van der Waals surface area contributed by atoms with Gasteiger partial charge in [0.2, 0.25) is 11.5 Å². The van der Waals surface area contributed by atoms with Gasteiger partial charge < -0.3 is 18.6 Å². The van der Waals surface area contributed by atoms with Crippen LogP contribution in [0.3, 0.4) is 0 Å². The van der Waals surface area contributed by atoms with Gasteiger partial charge in [-0.15, -0.1) is 0 Å². The van der Waals surface area contributed by atoms with Crippen LogP contribution in [0.1, 0.15) is 57.5 Å². The quantitative estimate of drug-likeness (QED) is 0.419. The number of rotatable bonds is 8. The molecule has 35 heavy (non-hydrogen) atoms. The van der Waals surface area contributed by atoms with Crippen LogP contribution in [0.15, 0.2) is 29.1 Å². The molecule has 1 aliphatic rings. The summed E-state index contributed by atoms with van der Waals surface area (Å²) in [5, 5.41) is 4.87. The van der Waals surface area contributed by atoms with Gasteiger partial charge in [-0.25, -0.2) is 14.6 Å². The van der Waals surface area contributed by atoms with Gasteiger partial charge in [0.1, 0.15) is 5.69 Å². The number of hydrogen-bond donors (Lipinski definition) is 0. The van der Waals surface area contributed by atoms with Crippen LogP contribution in [-0.2, 0) is 20.8 Å². The molecule has 188 valence electrons. The number of aryl methyl sites for hydroxylation is 1. The Morgan fingerprint density at radius 2 is 1.94 bits per heavy atom. The van der Waals surface area contributed by atoms with Crippen LogP contribution < -0.4 is 4.90 Å². The highest BCUT2D eigenvalue weighted by Crippen LogP contribution is 2.39. The molecular formula is C25H32N4O6. The molecular weight excluding hydrogens is 452 g/mol. The summed E-state index contributed by atoms with van der Waals surface area (Å²) in [5.74, 6) is -0.724. The minimum absolute atomic E-state index is 0.00320. The number of furan rings is 1. The Morgan fingerprint density at radius 1 is 1.14 bits per heavy atom. The Kier molecular flexibility index (Phi) is 7.70. The summed E-state index contributed by atoms with van der Waals surface area (Å²) in [5.41, 5.74) is 2.21. The standard InChI is InChI=1S/C25H32N4O6/c1-5-19-12-18(9-10-34-19)29(25(31)33-8-4)21-20-11-16(17-14-27-28(6-2)15-17)13-26-23(20)35-22(21)24(30)32-7-3/h11,13-15,18-19H,5-10,12H2,1-4H3/t18-,19-/m0/s1. The van der Waals surface area contributed by atoms with Crippen molar-refractivity contribution in [3.05, 3.63) is 30.4 Å². The maximum absolute atomic E-state index is 13.3. The molecule has 3 aromatic rings. The molecule has 3 aromatic heterocycles. The first kappa shape index (κ1) is 24.7. The number of carbonyl (C=O) groups is 2. The molecule has 0 N–H and O–H groups in total. The smallest absolute Gasteiger partial charge is 0.414 e. The van der Waals surface area contributed by atoms with Crippen molar-refractivity contribution in [1.82, 2.24) is 14.8 Å². The number of amides is 1. The van der Waals surface area contributed by atoms with Crippen molar-refractivity contribution in [2.75, 3.05) is 24.7 Å². The van der Waals surface area contributed by atoms with Gasteiger partial charge in [-0.3, -0.25) is 9.58 Å². The molecule has 1 aliphatic heterocycles. The zero-order chi connectivity index (χ0) is 24.9. The second-order valence-corrected chi connectivity index (χ2v) is 8.31. The molecule has 0 aliphatic carbocycles. The van der Waals surface area contributed by atoms with Crippen molar-refractivity contribution in [2.45, 2.75) is 65.6 Å². The maximum atomic E-state index is 13.3. The number of anilines is 1. The van der Waals surface area contributed by atoms with Crippen LogP contribution >= 0.6 is 0 Å². The summed E-state index contributed by atoms with van der Waals surface area (Å²) in [6.07, 6.45) is 6.82. The lowest BCUT2D eigenvalue weighted by molar-refractivity contribution is 0.00465. The molecule has 0 radical (unpaired) electrons. The molecule has 0 saturated carbocycles. The molecule has 0 spiro atoms. The molecule has 2 atom stereocenters. The summed E-state index contributed by atoms with van der Waals surface area (Å²) >= 11 is 0. The predicted molar refractivity (Wildman–Crippen MR) is 129 cm³/mol. The molecule has 0 unspecified atom stereocenters. The third kappa shape index (κ3) is 5.02. The average molecular weight is 485 g/mol. The van der Waals surface area contributed by atoms with Gasteiger partial charge in [0.05, 0.1) is 30.9 Å². The Bertz CT molecular complexity index is 1190. The van der Waals surface area contributed by atoms with Crippen LogP contribution in [0, 0.1) is 0 Å². The van der Waals surface area contributed by atoms with E-state index >= 15 is 0 Å². The number of esters is 1. The van der Waals surface area contributed by atoms with E-state index in [2.05, 4.69) is 10.1 Å². The number of carbonyl (C=O) groups excluding carboxylic acids is 2. The fourth-order valence-corrected chi connectivity index (χ4v) is 4.38. The number of pyridine rings is 1. The fraction of sp³-hybridized carbons (Fsp3) is 0.520. The van der Waals surface area contributed by atoms with Crippen molar-refractivity contribution < 1.29 is 28.2 Å². The van der Waals surface area contributed by atoms with E-state index in [-0.39, 0.29) is 36.8 Å². The molecule has 0 aromatic carbocycles. The maximum Gasteiger partial charge on any atom is 0.414 e. The van der Waals surface area contributed by atoms with Crippen LogP contribution in [0.5, 0.6) is 0 Å². The zero-order valence-corrected chi connectivity index (χ0v) is 20.7. The van der Waals surface area contributed by atoms with Crippen LogP contribution in [0.2, 0.25) is 0 Å². The van der Waals surface area contributed by atoms with Gasteiger partial charge in [0.25, 0.3) is 0 Å². The lowest BCUT2D eigenvalue weighted by Gasteiger charge is -2.36. The second-order valence-electron chi connectivity index (χ2n) is 8.31. The summed E-state index contributed by atoms with van der Waals surface area (Å²) < 4.78 is 24.3. The fourth-order valence-electron chi connectivity index (χ4n) is 4.38. The predicted octanol–water partition coefficient (Wildman–Crippen LogP) is 4.81. The number of ether oxygens (including phenoxy) is 3. The summed E-state index contributed by atoms with van der Waals surface area (Å²) in [7, 11) is 0. The first-order valence-electron chi connectivity index (χ1n) is 12.2. The monoisotopic (exact) mass is 484 g/mol. The highest BCUT2D eigenvalue weighted by molar-refractivity contribution is 6.09. The lowest BCUT2D eigenvalue weighted by atomic mass is 9.99. The number of aromatic nitrogens is 3. The molecule has 4 rings (SSSR count). The number of nitrogens with zero attached hydrogens (tertiary/aromatic N) is 4. The van der Waals surface area contributed by atoms with E-state index < -0.39 is 12.1 Å². The van der Waals surface area contributed by atoms with E-state index in [1.807, 2.05) is 30.8 Å². The molecule has 10 nitrogen and oxygen atoms in total. The highest BCUT2D eigenvalue weighted by Gasteiger charge is 2.38. The van der Waals surface area contributed by atoms with Crippen molar-refractivity contribution in [3.8, 4) is 11.1 Å². The Hall–Kier alpha value is -3.40. The Balaban J connectivity index is 1.89. The van der Waals surface area contributed by atoms with Crippen molar-refractivity contribution in [3.63, 3.8) is 0 Å². The summed E-state index contributed by atoms with van der Waals surface area (Å²) in [6.45, 7) is 9.12. The van der Waals surface area contributed by atoms with Gasteiger partial charge >= 0.3 is 12.1 Å². The SMILES string of the molecule is CCOC(=O)c1oc2ncc(-c3cnn(CC)c3)cc2c1N(C(=O)OCC)[C@H]1CCO[C@@H](CC)C1. The normalized spacial score (nSPS) is 17.9. The summed E-state index contributed by atoms with van der Waals surface area (Å²) in [4.78, 5) is 32.3. The molecule has 10 heteroatoms. The van der Waals surface area contributed by atoms with Crippen LogP contribution in [-0.4, -0.2) is 58.8 Å². The van der Waals surface area contributed by atoms with Crippen LogP contribution in [0.4, 0.5) is 10.5 Å². The Morgan fingerprint density at radius 3 is 2.63 bits per heavy atom. The van der Waals surface area contributed by atoms with Gasteiger partial charge in [-0.1, -0.05) is 6.92 Å². The first-order chi connectivity index (χ1) is 17.0. The molecule has 4 heterocycles.